The Hall–Kier alpha value is -1.48. The first-order valence-corrected chi connectivity index (χ1v) is 7.25. The van der Waals surface area contributed by atoms with Crippen LogP contribution >= 0.6 is 24.0 Å². The highest BCUT2D eigenvalue weighted by Gasteiger charge is 2.10. The van der Waals surface area contributed by atoms with Crippen molar-refractivity contribution in [2.75, 3.05) is 20.6 Å². The Morgan fingerprint density at radius 2 is 1.68 bits per heavy atom. The summed E-state index contributed by atoms with van der Waals surface area (Å²) < 4.78 is 0. The van der Waals surface area contributed by atoms with Crippen LogP contribution in [0.25, 0.3) is 5.57 Å². The van der Waals surface area contributed by atoms with E-state index in [-0.39, 0.29) is 18.2 Å². The standard InChI is InChI=1S/C18H20ClNO.ClH/c1-13(12-20(2)3)18(14-7-9-16(19)10-8-14)15-5-4-6-17(21)11-15;/h4-11,21H,12H2,1-3H3;1H/b18-13-;. The van der Waals surface area contributed by atoms with Gasteiger partial charge < -0.3 is 10.0 Å². The average molecular weight is 338 g/mol. The van der Waals surface area contributed by atoms with E-state index in [1.165, 1.54) is 5.57 Å². The molecular weight excluding hydrogens is 317 g/mol. The third kappa shape index (κ3) is 4.77. The van der Waals surface area contributed by atoms with E-state index in [4.69, 9.17) is 11.6 Å². The van der Waals surface area contributed by atoms with Crippen molar-refractivity contribution in [3.63, 3.8) is 0 Å². The van der Waals surface area contributed by atoms with Gasteiger partial charge in [0.1, 0.15) is 5.75 Å². The van der Waals surface area contributed by atoms with Gasteiger partial charge in [-0.1, -0.05) is 41.4 Å². The van der Waals surface area contributed by atoms with Crippen LogP contribution in [0.4, 0.5) is 0 Å². The number of phenols is 1. The number of likely N-dealkylation sites (N-methyl/N-ethyl adjacent to an activating group) is 1. The lowest BCUT2D eigenvalue weighted by Gasteiger charge is -2.17. The summed E-state index contributed by atoms with van der Waals surface area (Å²) in [5.74, 6) is 0.275. The van der Waals surface area contributed by atoms with E-state index in [9.17, 15) is 5.11 Å². The van der Waals surface area contributed by atoms with Gasteiger partial charge in [-0.25, -0.2) is 0 Å². The summed E-state index contributed by atoms with van der Waals surface area (Å²) in [7, 11) is 4.09. The molecule has 0 saturated heterocycles. The normalized spacial score (nSPS) is 11.9. The van der Waals surface area contributed by atoms with Crippen LogP contribution in [-0.2, 0) is 0 Å². The topological polar surface area (TPSA) is 23.5 Å². The zero-order valence-electron chi connectivity index (χ0n) is 13.0. The fourth-order valence-electron chi connectivity index (χ4n) is 2.49. The molecule has 4 heteroatoms. The number of aromatic hydroxyl groups is 1. The maximum atomic E-state index is 9.76. The first kappa shape index (κ1) is 18.6. The molecule has 0 unspecified atom stereocenters. The van der Waals surface area contributed by atoms with Crippen LogP contribution in [0.2, 0.25) is 5.02 Å². The molecule has 22 heavy (non-hydrogen) atoms. The minimum Gasteiger partial charge on any atom is -0.508 e. The lowest BCUT2D eigenvalue weighted by Crippen LogP contribution is -2.15. The van der Waals surface area contributed by atoms with Crippen molar-refractivity contribution in [2.45, 2.75) is 6.92 Å². The fraction of sp³-hybridized carbons (Fsp3) is 0.222. The van der Waals surface area contributed by atoms with E-state index in [0.717, 1.165) is 28.3 Å². The molecule has 2 aromatic rings. The fourth-order valence-corrected chi connectivity index (χ4v) is 2.62. The van der Waals surface area contributed by atoms with Crippen molar-refractivity contribution in [3.05, 3.63) is 70.3 Å². The van der Waals surface area contributed by atoms with Crippen molar-refractivity contribution >= 4 is 29.6 Å². The monoisotopic (exact) mass is 337 g/mol. The second kappa shape index (κ2) is 8.23. The number of hydrogen-bond acceptors (Lipinski definition) is 2. The summed E-state index contributed by atoms with van der Waals surface area (Å²) in [6, 6.07) is 15.2. The third-order valence-electron chi connectivity index (χ3n) is 3.25. The van der Waals surface area contributed by atoms with E-state index < -0.39 is 0 Å². The van der Waals surface area contributed by atoms with Crippen molar-refractivity contribution in [1.29, 1.82) is 0 Å². The Morgan fingerprint density at radius 3 is 2.23 bits per heavy atom. The molecule has 0 heterocycles. The largest absolute Gasteiger partial charge is 0.508 e. The zero-order valence-corrected chi connectivity index (χ0v) is 14.6. The van der Waals surface area contributed by atoms with E-state index in [0.29, 0.717) is 0 Å². The molecule has 0 aliphatic rings. The Kier molecular flexibility index (Phi) is 6.95. The summed E-state index contributed by atoms with van der Waals surface area (Å²) >= 11 is 5.99. The Morgan fingerprint density at radius 1 is 1.05 bits per heavy atom. The molecule has 2 nitrogen and oxygen atoms in total. The number of hydrogen-bond donors (Lipinski definition) is 1. The molecule has 0 aliphatic carbocycles. The quantitative estimate of drug-likeness (QED) is 0.861. The minimum atomic E-state index is 0. The lowest BCUT2D eigenvalue weighted by atomic mass is 9.93. The zero-order chi connectivity index (χ0) is 15.4. The Balaban J connectivity index is 0.00000242. The first-order valence-electron chi connectivity index (χ1n) is 6.87. The SMILES string of the molecule is C/C(CN(C)C)=C(\c1ccc(Cl)cc1)c1cccc(O)c1.Cl. The third-order valence-corrected chi connectivity index (χ3v) is 3.50. The molecule has 0 fully saturated rings. The Labute approximate surface area is 143 Å². The van der Waals surface area contributed by atoms with Gasteiger partial charge in [-0.2, -0.15) is 0 Å². The summed E-state index contributed by atoms with van der Waals surface area (Å²) in [4.78, 5) is 2.13. The van der Waals surface area contributed by atoms with E-state index in [2.05, 4.69) is 11.8 Å². The van der Waals surface area contributed by atoms with Gasteiger partial charge in [0.15, 0.2) is 0 Å². The van der Waals surface area contributed by atoms with Crippen LogP contribution in [0, 0.1) is 0 Å². The number of rotatable bonds is 4. The van der Waals surface area contributed by atoms with E-state index in [1.807, 2.05) is 50.5 Å². The van der Waals surface area contributed by atoms with Gasteiger partial charge in [0, 0.05) is 11.6 Å². The van der Waals surface area contributed by atoms with Gasteiger partial charge >= 0.3 is 0 Å². The van der Waals surface area contributed by atoms with Crippen LogP contribution < -0.4 is 0 Å². The molecular formula is C18H21Cl2NO. The maximum Gasteiger partial charge on any atom is 0.116 e. The molecule has 0 radical (unpaired) electrons. The van der Waals surface area contributed by atoms with Crippen LogP contribution in [0.3, 0.4) is 0 Å². The first-order chi connectivity index (χ1) is 9.97. The second-order valence-corrected chi connectivity index (χ2v) is 5.89. The smallest absolute Gasteiger partial charge is 0.116 e. The van der Waals surface area contributed by atoms with E-state index >= 15 is 0 Å². The van der Waals surface area contributed by atoms with Gasteiger partial charge in [-0.15, -0.1) is 12.4 Å². The molecule has 118 valence electrons. The van der Waals surface area contributed by atoms with Crippen LogP contribution in [-0.4, -0.2) is 30.6 Å². The molecule has 1 N–H and O–H groups in total. The van der Waals surface area contributed by atoms with Crippen LogP contribution in [0.5, 0.6) is 5.75 Å². The summed E-state index contributed by atoms with van der Waals surface area (Å²) in [6.45, 7) is 2.97. The predicted octanol–water partition coefficient (Wildman–Crippen LogP) is 4.85. The maximum absolute atomic E-state index is 9.76. The molecule has 0 aromatic heterocycles. The molecule has 0 saturated carbocycles. The highest BCUT2D eigenvalue weighted by molar-refractivity contribution is 6.30. The number of benzene rings is 2. The molecule has 0 atom stereocenters. The number of halogens is 2. The molecule has 0 aliphatic heterocycles. The van der Waals surface area contributed by atoms with Gasteiger partial charge in [-0.3, -0.25) is 0 Å². The highest BCUT2D eigenvalue weighted by atomic mass is 35.5. The molecule has 0 spiro atoms. The van der Waals surface area contributed by atoms with Crippen LogP contribution in [0.15, 0.2) is 54.1 Å². The average Bonchev–Trinajstić information content (AvgIpc) is 2.40. The predicted molar refractivity (Wildman–Crippen MR) is 97.1 cm³/mol. The van der Waals surface area contributed by atoms with Gasteiger partial charge in [0.25, 0.3) is 0 Å². The minimum absolute atomic E-state index is 0. The second-order valence-electron chi connectivity index (χ2n) is 5.45. The molecule has 0 bridgehead atoms. The van der Waals surface area contributed by atoms with Crippen molar-refractivity contribution in [3.8, 4) is 5.75 Å². The Bertz CT molecular complexity index is 648. The van der Waals surface area contributed by atoms with Crippen molar-refractivity contribution in [1.82, 2.24) is 4.90 Å². The highest BCUT2D eigenvalue weighted by Crippen LogP contribution is 2.30. The molecule has 0 amide bonds. The summed E-state index contributed by atoms with van der Waals surface area (Å²) in [5.41, 5.74) is 4.49. The summed E-state index contributed by atoms with van der Waals surface area (Å²) in [6.07, 6.45) is 0. The van der Waals surface area contributed by atoms with Crippen molar-refractivity contribution < 1.29 is 5.11 Å². The van der Waals surface area contributed by atoms with Gasteiger partial charge in [0.2, 0.25) is 0 Å². The lowest BCUT2D eigenvalue weighted by molar-refractivity contribution is 0.446. The van der Waals surface area contributed by atoms with Crippen molar-refractivity contribution in [2.24, 2.45) is 0 Å². The van der Waals surface area contributed by atoms with Gasteiger partial charge in [0.05, 0.1) is 0 Å². The molecule has 2 aromatic carbocycles. The van der Waals surface area contributed by atoms with Gasteiger partial charge in [-0.05, 0) is 62.0 Å². The van der Waals surface area contributed by atoms with Crippen LogP contribution in [0.1, 0.15) is 18.1 Å². The summed E-state index contributed by atoms with van der Waals surface area (Å²) in [5, 5.41) is 10.5. The molecule has 2 rings (SSSR count). The van der Waals surface area contributed by atoms with E-state index in [1.54, 1.807) is 12.1 Å². The number of nitrogens with zero attached hydrogens (tertiary/aromatic N) is 1. The number of phenolic OH excluding ortho intramolecular Hbond substituents is 1.